The normalized spacial score (nSPS) is 14.8. The second-order valence-corrected chi connectivity index (χ2v) is 15.5. The van der Waals surface area contributed by atoms with Crippen LogP contribution in [0.15, 0.2) is 182 Å². The summed E-state index contributed by atoms with van der Waals surface area (Å²) < 4.78 is 0. The molecule has 2 nitrogen and oxygen atoms in total. The van der Waals surface area contributed by atoms with Crippen LogP contribution in [0.3, 0.4) is 0 Å². The largest absolute Gasteiger partial charge is 0.311 e. The molecule has 7 aromatic carbocycles. The first-order valence-electron chi connectivity index (χ1n) is 18.9. The molecule has 2 aliphatic rings. The van der Waals surface area contributed by atoms with Gasteiger partial charge in [-0.3, -0.25) is 0 Å². The van der Waals surface area contributed by atoms with Gasteiger partial charge in [0.05, 0.1) is 0 Å². The lowest BCUT2D eigenvalue weighted by molar-refractivity contribution is 0.694. The molecule has 0 aromatic heterocycles. The van der Waals surface area contributed by atoms with Crippen LogP contribution in [0.5, 0.6) is 0 Å². The van der Waals surface area contributed by atoms with E-state index >= 15 is 0 Å². The van der Waals surface area contributed by atoms with Crippen molar-refractivity contribution >= 4 is 57.4 Å². The van der Waals surface area contributed by atoms with Gasteiger partial charge in [-0.05, 0) is 117 Å². The van der Waals surface area contributed by atoms with Crippen LogP contribution in [0, 0.1) is 0 Å². The Bertz CT molecular complexity index is 2430. The van der Waals surface area contributed by atoms with Gasteiger partial charge < -0.3 is 9.80 Å². The minimum atomic E-state index is -0.144. The maximum absolute atomic E-state index is 2.44. The summed E-state index contributed by atoms with van der Waals surface area (Å²) in [6, 6.07) is 65.5. The van der Waals surface area contributed by atoms with E-state index in [9.17, 15) is 0 Å². The molecule has 0 heterocycles. The van der Waals surface area contributed by atoms with Crippen LogP contribution in [0.2, 0.25) is 0 Å². The summed E-state index contributed by atoms with van der Waals surface area (Å²) >= 11 is 0. The highest BCUT2D eigenvalue weighted by atomic mass is 15.1. The number of hydrogen-bond acceptors (Lipinski definition) is 2. The van der Waals surface area contributed by atoms with Crippen LogP contribution < -0.4 is 9.80 Å². The molecule has 9 rings (SSSR count). The first-order valence-corrected chi connectivity index (χ1v) is 18.9. The molecular weight excluding hydrogens is 653 g/mol. The molecule has 0 amide bonds. The fraction of sp³-hybridized carbons (Fsp3) is 0.115. The number of allylic oxidation sites excluding steroid dienone is 2. The molecule has 0 radical (unpaired) electrons. The third-order valence-electron chi connectivity index (χ3n) is 11.4. The average Bonchev–Trinajstić information content (AvgIpc) is 3.60. The number of anilines is 6. The maximum Gasteiger partial charge on any atom is 0.0465 e. The van der Waals surface area contributed by atoms with Gasteiger partial charge in [-0.25, -0.2) is 0 Å². The number of para-hydroxylation sites is 4. The average molecular weight is 697 g/mol. The topological polar surface area (TPSA) is 6.48 Å². The highest BCUT2D eigenvalue weighted by Gasteiger charge is 2.49. The van der Waals surface area contributed by atoms with Gasteiger partial charge in [-0.2, -0.15) is 0 Å². The van der Waals surface area contributed by atoms with Gasteiger partial charge in [0.15, 0.2) is 0 Å². The highest BCUT2D eigenvalue weighted by molar-refractivity contribution is 6.10. The van der Waals surface area contributed by atoms with Crippen molar-refractivity contribution in [3.8, 4) is 0 Å². The molecule has 0 aliphatic heterocycles. The van der Waals surface area contributed by atoms with Crippen molar-refractivity contribution in [2.45, 2.75) is 38.5 Å². The Labute approximate surface area is 320 Å². The zero-order chi connectivity index (χ0) is 36.9. The summed E-state index contributed by atoms with van der Waals surface area (Å²) in [5, 5.41) is 0. The highest BCUT2D eigenvalue weighted by Crippen LogP contribution is 2.63. The standard InChI is InChI=1S/C52H44N2/c1-51(2)47-35-38(26-25-37-27-30-43(31-28-37)53(39-17-9-5-10-18-39)40-19-11-6-12-20-40)29-33-45(47)49-50(51)46-34-32-44(36-48(46)52(49,3)4)54(41-21-13-7-14-22-41)42-23-15-8-16-24-42/h5-36H,1-4H3. The smallest absolute Gasteiger partial charge is 0.0465 e. The van der Waals surface area contributed by atoms with E-state index in [2.05, 4.69) is 232 Å². The Morgan fingerprint density at radius 2 is 0.667 bits per heavy atom. The van der Waals surface area contributed by atoms with Gasteiger partial charge in [0.1, 0.15) is 0 Å². The molecule has 2 aliphatic carbocycles. The van der Waals surface area contributed by atoms with Crippen LogP contribution in [0.1, 0.15) is 61.1 Å². The lowest BCUT2D eigenvalue weighted by Gasteiger charge is -2.31. The predicted octanol–water partition coefficient (Wildman–Crippen LogP) is 14.3. The molecule has 0 unspecified atom stereocenters. The van der Waals surface area contributed by atoms with E-state index in [4.69, 9.17) is 0 Å². The Morgan fingerprint density at radius 3 is 1.13 bits per heavy atom. The van der Waals surface area contributed by atoms with Crippen LogP contribution in [-0.2, 0) is 10.8 Å². The second-order valence-electron chi connectivity index (χ2n) is 15.5. The lowest BCUT2D eigenvalue weighted by Crippen LogP contribution is -2.20. The van der Waals surface area contributed by atoms with E-state index in [1.165, 1.54) is 50.2 Å². The van der Waals surface area contributed by atoms with E-state index in [1.54, 1.807) is 0 Å². The summed E-state index contributed by atoms with van der Waals surface area (Å²) in [4.78, 5) is 4.67. The first kappa shape index (κ1) is 33.5. The molecule has 0 fully saturated rings. The number of benzene rings is 7. The van der Waals surface area contributed by atoms with E-state index in [1.807, 2.05) is 0 Å². The van der Waals surface area contributed by atoms with Gasteiger partial charge in [-0.15, -0.1) is 0 Å². The van der Waals surface area contributed by atoms with Crippen molar-refractivity contribution in [2.75, 3.05) is 9.80 Å². The molecule has 0 bridgehead atoms. The molecular formula is C52H44N2. The molecule has 0 spiro atoms. The summed E-state index contributed by atoms with van der Waals surface area (Å²) in [6.07, 6.45) is 4.49. The van der Waals surface area contributed by atoms with Gasteiger partial charge >= 0.3 is 0 Å². The molecule has 54 heavy (non-hydrogen) atoms. The van der Waals surface area contributed by atoms with Crippen LogP contribution in [0.25, 0.3) is 23.3 Å². The van der Waals surface area contributed by atoms with Crippen LogP contribution in [-0.4, -0.2) is 0 Å². The summed E-state index contributed by atoms with van der Waals surface area (Å²) in [6.45, 7) is 9.63. The minimum Gasteiger partial charge on any atom is -0.311 e. The number of nitrogens with zero attached hydrogens (tertiary/aromatic N) is 2. The van der Waals surface area contributed by atoms with Gasteiger partial charge in [0.2, 0.25) is 0 Å². The SMILES string of the molecule is CC1(C)C2=C(c3ccc(C=Cc4ccc(N(c5ccccc5)c5ccccc5)cc4)cc31)C(C)(C)c1cc(N(c3ccccc3)c3ccccc3)ccc12. The van der Waals surface area contributed by atoms with E-state index < -0.39 is 0 Å². The fourth-order valence-corrected chi connectivity index (χ4v) is 8.77. The molecule has 0 saturated heterocycles. The summed E-state index contributed by atoms with van der Waals surface area (Å²) in [5.74, 6) is 0. The van der Waals surface area contributed by atoms with Crippen molar-refractivity contribution < 1.29 is 0 Å². The first-order chi connectivity index (χ1) is 26.3. The monoisotopic (exact) mass is 696 g/mol. The molecule has 0 atom stereocenters. The van der Waals surface area contributed by atoms with Crippen molar-refractivity contribution in [3.05, 3.63) is 215 Å². The number of rotatable bonds is 8. The number of fused-ring (bicyclic) bond motifs is 4. The quantitative estimate of drug-likeness (QED) is 0.146. The minimum absolute atomic E-state index is 0.128. The third kappa shape index (κ3) is 5.67. The van der Waals surface area contributed by atoms with E-state index in [0.29, 0.717) is 0 Å². The van der Waals surface area contributed by atoms with Crippen LogP contribution >= 0.6 is 0 Å². The number of hydrogen-bond donors (Lipinski definition) is 0. The molecule has 2 heteroatoms. The Kier molecular flexibility index (Phi) is 8.20. The van der Waals surface area contributed by atoms with Gasteiger partial charge in [0.25, 0.3) is 0 Å². The Balaban J connectivity index is 1.01. The van der Waals surface area contributed by atoms with Crippen molar-refractivity contribution in [1.29, 1.82) is 0 Å². The fourth-order valence-electron chi connectivity index (χ4n) is 8.77. The zero-order valence-corrected chi connectivity index (χ0v) is 31.4. The summed E-state index contributed by atoms with van der Waals surface area (Å²) in [5.41, 5.74) is 17.5. The molecule has 0 N–H and O–H groups in total. The summed E-state index contributed by atoms with van der Waals surface area (Å²) in [7, 11) is 0. The van der Waals surface area contributed by atoms with Gasteiger partial charge in [-0.1, -0.05) is 149 Å². The van der Waals surface area contributed by atoms with Gasteiger partial charge in [0, 0.05) is 45.0 Å². The van der Waals surface area contributed by atoms with Crippen molar-refractivity contribution in [2.24, 2.45) is 0 Å². The lowest BCUT2D eigenvalue weighted by atomic mass is 9.75. The zero-order valence-electron chi connectivity index (χ0n) is 31.4. The van der Waals surface area contributed by atoms with Crippen LogP contribution in [0.4, 0.5) is 34.1 Å². The second kappa shape index (κ2) is 13.2. The predicted molar refractivity (Wildman–Crippen MR) is 230 cm³/mol. The van der Waals surface area contributed by atoms with E-state index in [0.717, 1.165) is 28.4 Å². The Hall–Kier alpha value is -6.38. The van der Waals surface area contributed by atoms with Crippen molar-refractivity contribution in [1.82, 2.24) is 0 Å². The Morgan fingerprint density at radius 1 is 0.333 bits per heavy atom. The molecule has 0 saturated carbocycles. The van der Waals surface area contributed by atoms with E-state index in [-0.39, 0.29) is 10.8 Å². The maximum atomic E-state index is 2.44. The third-order valence-corrected chi connectivity index (χ3v) is 11.4. The molecule has 7 aromatic rings. The molecule has 262 valence electrons. The van der Waals surface area contributed by atoms with Crippen molar-refractivity contribution in [3.63, 3.8) is 0 Å².